The van der Waals surface area contributed by atoms with Gasteiger partial charge in [0.2, 0.25) is 5.91 Å². The standard InChI is InChI=1S/C17H24N2O4/c1-3-4-10-14(17(22)23)12(2)11-15(20)18-19-16(21)13-8-6-5-7-9-13/h5-9,12,14H,3-4,10-11H2,1-2H3,(H,18,20)(H,19,21)(H,22,23)/t12-,14+/m1/s1. The number of carboxylic acids is 1. The molecule has 1 aromatic rings. The lowest BCUT2D eigenvalue weighted by atomic mass is 9.87. The molecule has 2 amide bonds. The van der Waals surface area contributed by atoms with E-state index >= 15 is 0 Å². The summed E-state index contributed by atoms with van der Waals surface area (Å²) in [7, 11) is 0. The van der Waals surface area contributed by atoms with Crippen molar-refractivity contribution in [1.29, 1.82) is 0 Å². The highest BCUT2D eigenvalue weighted by molar-refractivity contribution is 5.95. The normalized spacial score (nSPS) is 13.0. The minimum Gasteiger partial charge on any atom is -0.481 e. The van der Waals surface area contributed by atoms with Gasteiger partial charge in [-0.15, -0.1) is 0 Å². The summed E-state index contributed by atoms with van der Waals surface area (Å²) in [5.41, 5.74) is 5.10. The van der Waals surface area contributed by atoms with Crippen LogP contribution in [0.2, 0.25) is 0 Å². The lowest BCUT2D eigenvalue weighted by Crippen LogP contribution is -2.42. The zero-order valence-corrected chi connectivity index (χ0v) is 13.5. The molecule has 2 atom stereocenters. The molecule has 3 N–H and O–H groups in total. The molecular formula is C17H24N2O4. The second-order valence-electron chi connectivity index (χ2n) is 5.64. The molecule has 0 heterocycles. The maximum Gasteiger partial charge on any atom is 0.306 e. The van der Waals surface area contributed by atoms with E-state index in [1.165, 1.54) is 0 Å². The van der Waals surface area contributed by atoms with Crippen molar-refractivity contribution >= 4 is 17.8 Å². The summed E-state index contributed by atoms with van der Waals surface area (Å²) in [6.45, 7) is 3.74. The van der Waals surface area contributed by atoms with Crippen molar-refractivity contribution in [2.45, 2.75) is 39.5 Å². The number of hydrogen-bond acceptors (Lipinski definition) is 3. The van der Waals surface area contributed by atoms with E-state index in [1.54, 1.807) is 37.3 Å². The maximum absolute atomic E-state index is 11.9. The topological polar surface area (TPSA) is 95.5 Å². The van der Waals surface area contributed by atoms with Crippen LogP contribution in [-0.4, -0.2) is 22.9 Å². The number of aliphatic carboxylic acids is 1. The lowest BCUT2D eigenvalue weighted by molar-refractivity contribution is -0.144. The average Bonchev–Trinajstić information content (AvgIpc) is 2.53. The first-order valence-corrected chi connectivity index (χ1v) is 7.82. The summed E-state index contributed by atoms with van der Waals surface area (Å²) in [6.07, 6.45) is 2.33. The second-order valence-corrected chi connectivity index (χ2v) is 5.64. The quantitative estimate of drug-likeness (QED) is 0.641. The van der Waals surface area contributed by atoms with Crippen molar-refractivity contribution in [2.24, 2.45) is 11.8 Å². The Bertz CT molecular complexity index is 531. The third kappa shape index (κ3) is 6.50. The molecule has 1 rings (SSSR count). The summed E-state index contributed by atoms with van der Waals surface area (Å²) >= 11 is 0. The summed E-state index contributed by atoms with van der Waals surface area (Å²) in [6, 6.07) is 8.51. The molecule has 23 heavy (non-hydrogen) atoms. The highest BCUT2D eigenvalue weighted by atomic mass is 16.4. The van der Waals surface area contributed by atoms with Crippen molar-refractivity contribution in [1.82, 2.24) is 10.9 Å². The molecule has 0 unspecified atom stereocenters. The van der Waals surface area contributed by atoms with E-state index in [0.717, 1.165) is 12.8 Å². The first-order valence-electron chi connectivity index (χ1n) is 7.82. The van der Waals surface area contributed by atoms with Crippen molar-refractivity contribution in [3.05, 3.63) is 35.9 Å². The van der Waals surface area contributed by atoms with Crippen LogP contribution in [0.1, 0.15) is 49.9 Å². The number of hydrogen-bond donors (Lipinski definition) is 3. The summed E-state index contributed by atoms with van der Waals surface area (Å²) < 4.78 is 0. The summed E-state index contributed by atoms with van der Waals surface area (Å²) in [5.74, 6) is -2.54. The van der Waals surface area contributed by atoms with Gasteiger partial charge in [-0.1, -0.05) is 44.9 Å². The molecule has 0 saturated heterocycles. The predicted octanol–water partition coefficient (Wildman–Crippen LogP) is 2.36. The van der Waals surface area contributed by atoms with Gasteiger partial charge in [0, 0.05) is 12.0 Å². The fraction of sp³-hybridized carbons (Fsp3) is 0.471. The molecule has 0 aliphatic carbocycles. The van der Waals surface area contributed by atoms with E-state index in [-0.39, 0.29) is 12.3 Å². The monoisotopic (exact) mass is 320 g/mol. The lowest BCUT2D eigenvalue weighted by Gasteiger charge is -2.19. The third-order valence-electron chi connectivity index (χ3n) is 3.73. The number of unbranched alkanes of at least 4 members (excludes halogenated alkanes) is 1. The number of carboxylic acid groups (broad SMARTS) is 1. The molecule has 0 bridgehead atoms. The molecule has 0 aliphatic heterocycles. The van der Waals surface area contributed by atoms with Gasteiger partial charge < -0.3 is 5.11 Å². The Hall–Kier alpha value is -2.37. The first kappa shape index (κ1) is 18.7. The number of nitrogens with one attached hydrogen (secondary N) is 2. The van der Waals surface area contributed by atoms with Gasteiger partial charge in [0.05, 0.1) is 5.92 Å². The molecule has 126 valence electrons. The molecule has 0 saturated carbocycles. The van der Waals surface area contributed by atoms with Gasteiger partial charge in [-0.05, 0) is 24.5 Å². The highest BCUT2D eigenvalue weighted by Crippen LogP contribution is 2.21. The minimum absolute atomic E-state index is 0.0513. The molecule has 0 aromatic heterocycles. The average molecular weight is 320 g/mol. The highest BCUT2D eigenvalue weighted by Gasteiger charge is 2.26. The van der Waals surface area contributed by atoms with Crippen LogP contribution in [0.15, 0.2) is 30.3 Å². The van der Waals surface area contributed by atoms with Gasteiger partial charge in [0.15, 0.2) is 0 Å². The Morgan fingerprint density at radius 3 is 2.35 bits per heavy atom. The van der Waals surface area contributed by atoms with Crippen LogP contribution in [0, 0.1) is 11.8 Å². The van der Waals surface area contributed by atoms with E-state index in [0.29, 0.717) is 12.0 Å². The van der Waals surface area contributed by atoms with Crippen LogP contribution in [0.25, 0.3) is 0 Å². The Labute approximate surface area is 136 Å². The van der Waals surface area contributed by atoms with Gasteiger partial charge in [0.1, 0.15) is 0 Å². The number of rotatable bonds is 8. The summed E-state index contributed by atoms with van der Waals surface area (Å²) in [4.78, 5) is 34.9. The van der Waals surface area contributed by atoms with E-state index in [9.17, 15) is 19.5 Å². The molecule has 0 aliphatic rings. The Morgan fingerprint density at radius 1 is 1.13 bits per heavy atom. The second kappa shape index (κ2) is 9.61. The van der Waals surface area contributed by atoms with Crippen molar-refractivity contribution in [2.75, 3.05) is 0 Å². The molecule has 1 aromatic carbocycles. The fourth-order valence-corrected chi connectivity index (χ4v) is 2.35. The zero-order chi connectivity index (χ0) is 17.2. The van der Waals surface area contributed by atoms with Crippen molar-refractivity contribution in [3.8, 4) is 0 Å². The van der Waals surface area contributed by atoms with Crippen LogP contribution >= 0.6 is 0 Å². The number of hydrazine groups is 1. The van der Waals surface area contributed by atoms with Crippen LogP contribution < -0.4 is 10.9 Å². The van der Waals surface area contributed by atoms with Crippen LogP contribution in [0.5, 0.6) is 0 Å². The van der Waals surface area contributed by atoms with E-state index in [4.69, 9.17) is 0 Å². The Kier molecular flexibility index (Phi) is 7.80. The molecule has 0 fully saturated rings. The number of amides is 2. The van der Waals surface area contributed by atoms with Crippen LogP contribution in [0.3, 0.4) is 0 Å². The SMILES string of the molecule is CCCC[C@H](C(=O)O)[C@H](C)CC(=O)NNC(=O)c1ccccc1. The van der Waals surface area contributed by atoms with Crippen molar-refractivity contribution in [3.63, 3.8) is 0 Å². The number of carbonyl (C=O) groups excluding carboxylic acids is 2. The third-order valence-corrected chi connectivity index (χ3v) is 3.73. The van der Waals surface area contributed by atoms with Gasteiger partial charge >= 0.3 is 5.97 Å². The predicted molar refractivity (Wildman–Crippen MR) is 86.5 cm³/mol. The van der Waals surface area contributed by atoms with Gasteiger partial charge in [-0.2, -0.15) is 0 Å². The maximum atomic E-state index is 11.9. The number of benzene rings is 1. The van der Waals surface area contributed by atoms with Gasteiger partial charge in [-0.3, -0.25) is 25.2 Å². The minimum atomic E-state index is -0.882. The van der Waals surface area contributed by atoms with Gasteiger partial charge in [0.25, 0.3) is 5.91 Å². The van der Waals surface area contributed by atoms with E-state index < -0.39 is 23.7 Å². The molecule has 0 radical (unpaired) electrons. The van der Waals surface area contributed by atoms with E-state index in [2.05, 4.69) is 10.9 Å². The first-order chi connectivity index (χ1) is 11.0. The van der Waals surface area contributed by atoms with E-state index in [1.807, 2.05) is 6.92 Å². The van der Waals surface area contributed by atoms with Gasteiger partial charge in [-0.25, -0.2) is 0 Å². The zero-order valence-electron chi connectivity index (χ0n) is 13.5. The smallest absolute Gasteiger partial charge is 0.306 e. The molecule has 0 spiro atoms. The Morgan fingerprint density at radius 2 is 1.78 bits per heavy atom. The molecule has 6 heteroatoms. The van der Waals surface area contributed by atoms with Crippen LogP contribution in [0.4, 0.5) is 0 Å². The van der Waals surface area contributed by atoms with Crippen molar-refractivity contribution < 1.29 is 19.5 Å². The Balaban J connectivity index is 2.45. The fourth-order valence-electron chi connectivity index (χ4n) is 2.35. The molecule has 6 nitrogen and oxygen atoms in total. The van der Waals surface area contributed by atoms with Crippen LogP contribution in [-0.2, 0) is 9.59 Å². The number of carbonyl (C=O) groups is 3. The largest absolute Gasteiger partial charge is 0.481 e. The summed E-state index contributed by atoms with van der Waals surface area (Å²) in [5, 5.41) is 9.25. The molecular weight excluding hydrogens is 296 g/mol.